The first-order chi connectivity index (χ1) is 10.1. The lowest BCUT2D eigenvalue weighted by atomic mass is 10.0. The Kier molecular flexibility index (Phi) is 6.03. The Labute approximate surface area is 141 Å². The predicted molar refractivity (Wildman–Crippen MR) is 86.9 cm³/mol. The summed E-state index contributed by atoms with van der Waals surface area (Å²) in [6.45, 7) is 5.50. The number of rotatable bonds is 3. The predicted octanol–water partition coefficient (Wildman–Crippen LogP) is 1.76. The fraction of sp³-hybridized carbons (Fsp3) is 0.533. The molecule has 0 radical (unpaired) electrons. The molecule has 0 bridgehead atoms. The molecular formula is C15H20Cl2FN3O. The fourth-order valence-corrected chi connectivity index (χ4v) is 2.97. The van der Waals surface area contributed by atoms with E-state index in [9.17, 15) is 9.18 Å². The quantitative estimate of drug-likeness (QED) is 0.904. The second-order valence-corrected chi connectivity index (χ2v) is 6.10. The maximum absolute atomic E-state index is 13.0. The number of nitrogens with zero attached hydrogens (tertiary/aromatic N) is 2. The number of carbonyl (C=O) groups excluding carboxylic acids is 1. The topological polar surface area (TPSA) is 35.6 Å². The van der Waals surface area contributed by atoms with Gasteiger partial charge in [0, 0.05) is 50.8 Å². The summed E-state index contributed by atoms with van der Waals surface area (Å²) in [4.78, 5) is 16.3. The van der Waals surface area contributed by atoms with E-state index in [0.717, 1.165) is 44.8 Å². The molecule has 2 heterocycles. The van der Waals surface area contributed by atoms with Gasteiger partial charge in [0.2, 0.25) is 5.91 Å². The number of nitrogens with one attached hydrogen (secondary N) is 1. The standard InChI is InChI=1S/C15H19ClFN3O.ClH/c16-14-7-13(17)2-1-11(14)10-19-3-5-20(6-4-19)15(21)12-8-18-9-12;/h1-2,7,12,18H,3-6,8-10H2;1H. The van der Waals surface area contributed by atoms with Crippen LogP contribution in [0.1, 0.15) is 5.56 Å². The highest BCUT2D eigenvalue weighted by atomic mass is 35.5. The Bertz CT molecular complexity index is 532. The van der Waals surface area contributed by atoms with Gasteiger partial charge in [-0.3, -0.25) is 9.69 Å². The van der Waals surface area contributed by atoms with E-state index in [-0.39, 0.29) is 30.0 Å². The summed E-state index contributed by atoms with van der Waals surface area (Å²) in [6.07, 6.45) is 0. The van der Waals surface area contributed by atoms with Gasteiger partial charge in [-0.15, -0.1) is 12.4 Å². The van der Waals surface area contributed by atoms with Gasteiger partial charge in [-0.25, -0.2) is 4.39 Å². The van der Waals surface area contributed by atoms with E-state index in [1.54, 1.807) is 6.07 Å². The zero-order chi connectivity index (χ0) is 14.8. The lowest BCUT2D eigenvalue weighted by molar-refractivity contribution is -0.138. The second-order valence-electron chi connectivity index (χ2n) is 5.69. The van der Waals surface area contributed by atoms with Gasteiger partial charge in [0.05, 0.1) is 5.92 Å². The van der Waals surface area contributed by atoms with E-state index >= 15 is 0 Å². The highest BCUT2D eigenvalue weighted by Gasteiger charge is 2.31. The molecule has 0 unspecified atom stereocenters. The van der Waals surface area contributed by atoms with Crippen LogP contribution in [0, 0.1) is 11.7 Å². The molecule has 2 aliphatic heterocycles. The zero-order valence-corrected chi connectivity index (χ0v) is 13.8. The van der Waals surface area contributed by atoms with E-state index in [1.807, 2.05) is 4.90 Å². The zero-order valence-electron chi connectivity index (χ0n) is 12.2. The summed E-state index contributed by atoms with van der Waals surface area (Å²) in [7, 11) is 0. The van der Waals surface area contributed by atoms with Crippen LogP contribution in [-0.2, 0) is 11.3 Å². The van der Waals surface area contributed by atoms with Crippen molar-refractivity contribution in [1.82, 2.24) is 15.1 Å². The Morgan fingerprint density at radius 3 is 2.50 bits per heavy atom. The minimum Gasteiger partial charge on any atom is -0.340 e. The third-order valence-corrected chi connectivity index (χ3v) is 4.58. The molecule has 122 valence electrons. The first-order valence-corrected chi connectivity index (χ1v) is 7.67. The molecule has 1 aromatic carbocycles. The fourth-order valence-electron chi connectivity index (χ4n) is 2.74. The van der Waals surface area contributed by atoms with Crippen molar-refractivity contribution in [2.45, 2.75) is 6.54 Å². The number of hydrogen-bond acceptors (Lipinski definition) is 3. The van der Waals surface area contributed by atoms with Crippen LogP contribution in [0.4, 0.5) is 4.39 Å². The third kappa shape index (κ3) is 3.90. The highest BCUT2D eigenvalue weighted by molar-refractivity contribution is 6.31. The molecule has 0 saturated carbocycles. The lowest BCUT2D eigenvalue weighted by Crippen LogP contribution is -2.56. The Hall–Kier alpha value is -0.880. The average molecular weight is 348 g/mol. The van der Waals surface area contributed by atoms with Crippen LogP contribution in [0.15, 0.2) is 18.2 Å². The molecule has 0 atom stereocenters. The summed E-state index contributed by atoms with van der Waals surface area (Å²) in [6, 6.07) is 4.51. The van der Waals surface area contributed by atoms with Crippen molar-refractivity contribution in [2.24, 2.45) is 5.92 Å². The first-order valence-electron chi connectivity index (χ1n) is 7.29. The molecule has 2 fully saturated rings. The van der Waals surface area contributed by atoms with Gasteiger partial charge >= 0.3 is 0 Å². The van der Waals surface area contributed by atoms with Crippen LogP contribution in [0.3, 0.4) is 0 Å². The summed E-state index contributed by atoms with van der Waals surface area (Å²) < 4.78 is 13.0. The lowest BCUT2D eigenvalue weighted by Gasteiger charge is -2.38. The molecule has 4 nitrogen and oxygen atoms in total. The molecule has 2 saturated heterocycles. The summed E-state index contributed by atoms with van der Waals surface area (Å²) in [5, 5.41) is 3.60. The molecule has 2 aliphatic rings. The van der Waals surface area contributed by atoms with E-state index < -0.39 is 0 Å². The van der Waals surface area contributed by atoms with Crippen LogP contribution >= 0.6 is 24.0 Å². The van der Waals surface area contributed by atoms with Gasteiger partial charge in [0.1, 0.15) is 5.82 Å². The third-order valence-electron chi connectivity index (χ3n) is 4.22. The molecule has 3 rings (SSSR count). The summed E-state index contributed by atoms with van der Waals surface area (Å²) in [5.41, 5.74) is 0.932. The number of benzene rings is 1. The maximum Gasteiger partial charge on any atom is 0.228 e. The molecule has 1 N–H and O–H groups in total. The Morgan fingerprint density at radius 1 is 1.27 bits per heavy atom. The number of halogens is 3. The highest BCUT2D eigenvalue weighted by Crippen LogP contribution is 2.20. The molecule has 22 heavy (non-hydrogen) atoms. The SMILES string of the molecule is Cl.O=C(C1CNC1)N1CCN(Cc2ccc(F)cc2Cl)CC1. The maximum atomic E-state index is 13.0. The van der Waals surface area contributed by atoms with Crippen molar-refractivity contribution in [3.63, 3.8) is 0 Å². The van der Waals surface area contributed by atoms with Gasteiger partial charge in [0.25, 0.3) is 0 Å². The van der Waals surface area contributed by atoms with Crippen LogP contribution in [-0.4, -0.2) is 55.0 Å². The summed E-state index contributed by atoms with van der Waals surface area (Å²) >= 11 is 6.06. The van der Waals surface area contributed by atoms with E-state index in [2.05, 4.69) is 10.2 Å². The van der Waals surface area contributed by atoms with E-state index in [4.69, 9.17) is 11.6 Å². The van der Waals surface area contributed by atoms with Crippen molar-refractivity contribution in [3.8, 4) is 0 Å². The molecule has 0 aromatic heterocycles. The monoisotopic (exact) mass is 347 g/mol. The van der Waals surface area contributed by atoms with Crippen molar-refractivity contribution in [1.29, 1.82) is 0 Å². The van der Waals surface area contributed by atoms with Gasteiger partial charge in [-0.1, -0.05) is 17.7 Å². The smallest absolute Gasteiger partial charge is 0.228 e. The molecule has 0 aliphatic carbocycles. The normalized spacial score (nSPS) is 19.5. The number of amides is 1. The Morgan fingerprint density at radius 2 is 1.95 bits per heavy atom. The van der Waals surface area contributed by atoms with Crippen molar-refractivity contribution in [3.05, 3.63) is 34.6 Å². The molecule has 0 spiro atoms. The summed E-state index contributed by atoms with van der Waals surface area (Å²) in [5.74, 6) is 0.129. The van der Waals surface area contributed by atoms with Crippen molar-refractivity contribution >= 4 is 29.9 Å². The minimum atomic E-state index is -0.312. The first kappa shape index (κ1) is 17.5. The molecule has 1 amide bonds. The van der Waals surface area contributed by atoms with Crippen molar-refractivity contribution < 1.29 is 9.18 Å². The second kappa shape index (κ2) is 7.59. The molecule has 7 heteroatoms. The number of carbonyl (C=O) groups is 1. The van der Waals surface area contributed by atoms with Crippen LogP contribution in [0.2, 0.25) is 5.02 Å². The van der Waals surface area contributed by atoms with Gasteiger partial charge in [-0.05, 0) is 17.7 Å². The van der Waals surface area contributed by atoms with Crippen LogP contribution in [0.5, 0.6) is 0 Å². The minimum absolute atomic E-state index is 0. The largest absolute Gasteiger partial charge is 0.340 e. The van der Waals surface area contributed by atoms with Crippen molar-refractivity contribution in [2.75, 3.05) is 39.3 Å². The van der Waals surface area contributed by atoms with Crippen LogP contribution < -0.4 is 5.32 Å². The van der Waals surface area contributed by atoms with E-state index in [1.165, 1.54) is 12.1 Å². The number of hydrogen-bond donors (Lipinski definition) is 1. The van der Waals surface area contributed by atoms with E-state index in [0.29, 0.717) is 11.6 Å². The van der Waals surface area contributed by atoms with Gasteiger partial charge < -0.3 is 10.2 Å². The molecular weight excluding hydrogens is 328 g/mol. The Balaban J connectivity index is 0.00000176. The molecule has 1 aromatic rings. The van der Waals surface area contributed by atoms with Crippen LogP contribution in [0.25, 0.3) is 0 Å². The average Bonchev–Trinajstić information content (AvgIpc) is 2.41. The van der Waals surface area contributed by atoms with Gasteiger partial charge in [0.15, 0.2) is 0 Å². The number of piperazine rings is 1. The van der Waals surface area contributed by atoms with Gasteiger partial charge in [-0.2, -0.15) is 0 Å².